The minimum atomic E-state index is -0.418. The first kappa shape index (κ1) is 16.8. The maximum absolute atomic E-state index is 11.9. The summed E-state index contributed by atoms with van der Waals surface area (Å²) < 4.78 is 22.1. The molecule has 7 heteroatoms. The maximum atomic E-state index is 11.9. The molecule has 7 nitrogen and oxygen atoms in total. The van der Waals surface area contributed by atoms with Crippen LogP contribution in [0.25, 0.3) is 10.9 Å². The molecule has 0 amide bonds. The van der Waals surface area contributed by atoms with Crippen LogP contribution in [0.15, 0.2) is 18.3 Å². The molecule has 23 heavy (non-hydrogen) atoms. The van der Waals surface area contributed by atoms with Gasteiger partial charge in [-0.05, 0) is 0 Å². The van der Waals surface area contributed by atoms with E-state index in [1.165, 1.54) is 21.3 Å². The highest BCUT2D eigenvalue weighted by atomic mass is 16.6. The standard InChI is InChI=1S/C16H19NO6/c1-20-4-5-23-15(19)9-17-8-11(10-18)16-13(17)6-12(21-2)7-14(16)22-3/h6-8,10H,4-5,9H2,1-3H3. The second-order valence-electron chi connectivity index (χ2n) is 4.77. The molecular formula is C16H19NO6. The van der Waals surface area contributed by atoms with E-state index in [9.17, 15) is 9.59 Å². The van der Waals surface area contributed by atoms with E-state index in [1.807, 2.05) is 0 Å². The first-order valence-electron chi connectivity index (χ1n) is 6.99. The Bertz CT molecular complexity index is 706. The molecule has 0 fully saturated rings. The molecule has 0 aliphatic carbocycles. The highest BCUT2D eigenvalue weighted by molar-refractivity contribution is 6.02. The van der Waals surface area contributed by atoms with Crippen molar-refractivity contribution in [2.45, 2.75) is 6.54 Å². The number of aromatic nitrogens is 1. The molecule has 0 aliphatic rings. The first-order chi connectivity index (χ1) is 11.1. The summed E-state index contributed by atoms with van der Waals surface area (Å²) >= 11 is 0. The molecule has 0 spiro atoms. The summed E-state index contributed by atoms with van der Waals surface area (Å²) in [4.78, 5) is 23.2. The number of aldehydes is 1. The Morgan fingerprint density at radius 3 is 2.57 bits per heavy atom. The molecule has 0 N–H and O–H groups in total. The van der Waals surface area contributed by atoms with Gasteiger partial charge in [0.05, 0.1) is 31.7 Å². The van der Waals surface area contributed by atoms with Gasteiger partial charge in [-0.25, -0.2) is 0 Å². The van der Waals surface area contributed by atoms with E-state index in [4.69, 9.17) is 18.9 Å². The van der Waals surface area contributed by atoms with Crippen molar-refractivity contribution in [1.82, 2.24) is 4.57 Å². The third-order valence-corrected chi connectivity index (χ3v) is 3.38. The number of methoxy groups -OCH3 is 3. The number of esters is 1. The SMILES string of the molecule is COCCOC(=O)Cn1cc(C=O)c2c(OC)cc(OC)cc21. The Labute approximate surface area is 133 Å². The van der Waals surface area contributed by atoms with Gasteiger partial charge in [-0.2, -0.15) is 0 Å². The summed E-state index contributed by atoms with van der Waals surface area (Å²) in [5.41, 5.74) is 1.09. The predicted molar refractivity (Wildman–Crippen MR) is 83.3 cm³/mol. The summed E-state index contributed by atoms with van der Waals surface area (Å²) in [6, 6.07) is 3.43. The molecule has 1 aromatic carbocycles. The van der Waals surface area contributed by atoms with Gasteiger partial charge in [0.2, 0.25) is 0 Å². The van der Waals surface area contributed by atoms with Gasteiger partial charge in [-0.15, -0.1) is 0 Å². The second kappa shape index (κ2) is 7.64. The number of hydrogen-bond acceptors (Lipinski definition) is 6. The van der Waals surface area contributed by atoms with Crippen molar-refractivity contribution in [3.8, 4) is 11.5 Å². The molecule has 1 heterocycles. The van der Waals surface area contributed by atoms with E-state index in [2.05, 4.69) is 0 Å². The molecule has 0 saturated heterocycles. The molecule has 2 rings (SSSR count). The summed E-state index contributed by atoms with van der Waals surface area (Å²) in [6.45, 7) is 0.492. The van der Waals surface area contributed by atoms with Crippen molar-refractivity contribution in [2.24, 2.45) is 0 Å². The zero-order valence-corrected chi connectivity index (χ0v) is 13.3. The first-order valence-corrected chi connectivity index (χ1v) is 6.99. The zero-order valence-electron chi connectivity index (χ0n) is 13.3. The number of rotatable bonds is 8. The molecule has 0 saturated carbocycles. The van der Waals surface area contributed by atoms with Crippen LogP contribution < -0.4 is 9.47 Å². The van der Waals surface area contributed by atoms with Crippen molar-refractivity contribution in [3.63, 3.8) is 0 Å². The molecular weight excluding hydrogens is 302 g/mol. The number of nitrogens with zero attached hydrogens (tertiary/aromatic N) is 1. The van der Waals surface area contributed by atoms with E-state index in [-0.39, 0.29) is 13.2 Å². The van der Waals surface area contributed by atoms with Gasteiger partial charge < -0.3 is 23.5 Å². The molecule has 124 valence electrons. The van der Waals surface area contributed by atoms with Crippen molar-refractivity contribution >= 4 is 23.2 Å². The third kappa shape index (κ3) is 3.62. The van der Waals surface area contributed by atoms with Gasteiger partial charge in [0.1, 0.15) is 24.7 Å². The van der Waals surface area contributed by atoms with Crippen molar-refractivity contribution in [2.75, 3.05) is 34.5 Å². The van der Waals surface area contributed by atoms with E-state index in [0.717, 1.165) is 6.29 Å². The topological polar surface area (TPSA) is 76.0 Å². The van der Waals surface area contributed by atoms with E-state index < -0.39 is 5.97 Å². The van der Waals surface area contributed by atoms with E-state index >= 15 is 0 Å². The van der Waals surface area contributed by atoms with Gasteiger partial charge in [-0.3, -0.25) is 9.59 Å². The maximum Gasteiger partial charge on any atom is 0.326 e. The van der Waals surface area contributed by atoms with Crippen LogP contribution in [0.4, 0.5) is 0 Å². The Kier molecular flexibility index (Phi) is 5.59. The summed E-state index contributed by atoms with van der Waals surface area (Å²) in [6.07, 6.45) is 2.32. The zero-order chi connectivity index (χ0) is 16.8. The summed E-state index contributed by atoms with van der Waals surface area (Å²) in [5.74, 6) is 0.657. The lowest BCUT2D eigenvalue weighted by Crippen LogP contribution is -2.15. The van der Waals surface area contributed by atoms with Crippen LogP contribution in [0.2, 0.25) is 0 Å². The molecule has 0 aliphatic heterocycles. The Morgan fingerprint density at radius 1 is 1.17 bits per heavy atom. The number of fused-ring (bicyclic) bond motifs is 1. The number of carbonyl (C=O) groups is 2. The smallest absolute Gasteiger partial charge is 0.326 e. The van der Waals surface area contributed by atoms with Crippen molar-refractivity contribution in [3.05, 3.63) is 23.9 Å². The van der Waals surface area contributed by atoms with Crippen molar-refractivity contribution in [1.29, 1.82) is 0 Å². The largest absolute Gasteiger partial charge is 0.497 e. The number of ether oxygens (including phenoxy) is 4. The molecule has 1 aromatic heterocycles. The van der Waals surface area contributed by atoms with Gasteiger partial charge in [0.15, 0.2) is 6.29 Å². The third-order valence-electron chi connectivity index (χ3n) is 3.38. The Hall–Kier alpha value is -2.54. The quantitative estimate of drug-likeness (QED) is 0.418. The fraction of sp³-hybridized carbons (Fsp3) is 0.375. The monoisotopic (exact) mass is 321 g/mol. The average Bonchev–Trinajstić information content (AvgIpc) is 2.92. The van der Waals surface area contributed by atoms with Gasteiger partial charge >= 0.3 is 5.97 Å². The minimum Gasteiger partial charge on any atom is -0.497 e. The van der Waals surface area contributed by atoms with Crippen LogP contribution in [0.3, 0.4) is 0 Å². The summed E-state index contributed by atoms with van der Waals surface area (Å²) in [7, 11) is 4.58. The van der Waals surface area contributed by atoms with Crippen LogP contribution in [-0.2, 0) is 20.8 Å². The minimum absolute atomic E-state index is 0.0234. The van der Waals surface area contributed by atoms with Crippen LogP contribution in [-0.4, -0.2) is 51.4 Å². The molecule has 2 aromatic rings. The van der Waals surface area contributed by atoms with Gasteiger partial charge in [0.25, 0.3) is 0 Å². The Balaban J connectivity index is 2.39. The Morgan fingerprint density at radius 2 is 1.96 bits per heavy atom. The number of benzene rings is 1. The van der Waals surface area contributed by atoms with Crippen LogP contribution in [0.1, 0.15) is 10.4 Å². The lowest BCUT2D eigenvalue weighted by atomic mass is 10.1. The molecule has 0 radical (unpaired) electrons. The average molecular weight is 321 g/mol. The van der Waals surface area contributed by atoms with E-state index in [1.54, 1.807) is 22.9 Å². The van der Waals surface area contributed by atoms with Crippen LogP contribution in [0, 0.1) is 0 Å². The number of hydrogen-bond donors (Lipinski definition) is 0. The lowest BCUT2D eigenvalue weighted by Gasteiger charge is -2.09. The van der Waals surface area contributed by atoms with E-state index in [0.29, 0.717) is 34.6 Å². The highest BCUT2D eigenvalue weighted by Crippen LogP contribution is 2.34. The fourth-order valence-electron chi connectivity index (χ4n) is 2.32. The van der Waals surface area contributed by atoms with Crippen molar-refractivity contribution < 1.29 is 28.5 Å². The number of carbonyl (C=O) groups excluding carboxylic acids is 2. The predicted octanol–water partition coefficient (Wildman–Crippen LogP) is 1.66. The van der Waals surface area contributed by atoms with Gasteiger partial charge in [0, 0.05) is 31.0 Å². The molecule has 0 bridgehead atoms. The molecule has 0 atom stereocenters. The highest BCUT2D eigenvalue weighted by Gasteiger charge is 2.17. The normalized spacial score (nSPS) is 10.6. The summed E-state index contributed by atoms with van der Waals surface area (Å²) in [5, 5.41) is 0.632. The van der Waals surface area contributed by atoms with Crippen LogP contribution >= 0.6 is 0 Å². The molecule has 0 unspecified atom stereocenters. The lowest BCUT2D eigenvalue weighted by molar-refractivity contribution is -0.145. The van der Waals surface area contributed by atoms with Crippen LogP contribution in [0.5, 0.6) is 11.5 Å². The fourth-order valence-corrected chi connectivity index (χ4v) is 2.32. The second-order valence-corrected chi connectivity index (χ2v) is 4.77. The van der Waals surface area contributed by atoms with Gasteiger partial charge in [-0.1, -0.05) is 0 Å².